The van der Waals surface area contributed by atoms with Gasteiger partial charge in [-0.1, -0.05) is 68.2 Å². The van der Waals surface area contributed by atoms with Gasteiger partial charge in [0.25, 0.3) is 0 Å². The van der Waals surface area contributed by atoms with Crippen LogP contribution in [0.25, 0.3) is 0 Å². The van der Waals surface area contributed by atoms with Crippen LogP contribution in [-0.2, 0) is 19.1 Å². The SMILES string of the molecule is CC(C)CCCC(CCC(C)C)OC(=O)CCCN(C)C.CC(C)CCCC(CCC(C)C)OC(=O)CCN(C)C. The van der Waals surface area contributed by atoms with E-state index in [2.05, 4.69) is 60.3 Å². The van der Waals surface area contributed by atoms with Crippen molar-refractivity contribution in [2.75, 3.05) is 41.3 Å². The number of esters is 2. The highest BCUT2D eigenvalue weighted by atomic mass is 16.5. The molecule has 0 aromatic carbocycles. The third-order valence-electron chi connectivity index (χ3n) is 7.09. The van der Waals surface area contributed by atoms with Gasteiger partial charge in [-0.05, 0) is 116 Å². The van der Waals surface area contributed by atoms with Crippen LogP contribution in [0.1, 0.15) is 139 Å². The number of carbonyl (C=O) groups excluding carboxylic acids is 2. The summed E-state index contributed by atoms with van der Waals surface area (Å²) in [7, 11) is 8.02. The van der Waals surface area contributed by atoms with Crippen molar-refractivity contribution < 1.29 is 19.1 Å². The van der Waals surface area contributed by atoms with Gasteiger partial charge >= 0.3 is 11.9 Å². The quantitative estimate of drug-likeness (QED) is 0.112. The van der Waals surface area contributed by atoms with Crippen LogP contribution in [0, 0.1) is 23.7 Å². The van der Waals surface area contributed by atoms with Crippen LogP contribution in [0.15, 0.2) is 0 Å². The number of rotatable bonds is 23. The van der Waals surface area contributed by atoms with Gasteiger partial charge in [0.15, 0.2) is 0 Å². The first-order chi connectivity index (χ1) is 19.1. The molecule has 0 fully saturated rings. The molecule has 0 aliphatic rings. The lowest BCUT2D eigenvalue weighted by Gasteiger charge is -2.20. The van der Waals surface area contributed by atoms with Gasteiger partial charge in [-0.3, -0.25) is 9.59 Å². The summed E-state index contributed by atoms with van der Waals surface area (Å²) in [5, 5.41) is 0. The first-order valence-corrected chi connectivity index (χ1v) is 16.8. The maximum absolute atomic E-state index is 11.9. The molecule has 0 N–H and O–H groups in total. The van der Waals surface area contributed by atoms with Gasteiger partial charge in [0, 0.05) is 13.0 Å². The number of carbonyl (C=O) groups is 2. The lowest BCUT2D eigenvalue weighted by atomic mass is 9.99. The molecule has 2 atom stereocenters. The van der Waals surface area contributed by atoms with Crippen molar-refractivity contribution in [3.63, 3.8) is 0 Å². The molecule has 2 unspecified atom stereocenters. The summed E-state index contributed by atoms with van der Waals surface area (Å²) in [6.45, 7) is 19.6. The lowest BCUT2D eigenvalue weighted by molar-refractivity contribution is -0.151. The van der Waals surface area contributed by atoms with Gasteiger partial charge in [-0.15, -0.1) is 0 Å². The van der Waals surface area contributed by atoms with Crippen molar-refractivity contribution >= 4 is 11.9 Å². The molecule has 0 radical (unpaired) electrons. The summed E-state index contributed by atoms with van der Waals surface area (Å²) in [5.41, 5.74) is 0. The molecule has 0 heterocycles. The fraction of sp³-hybridized carbons (Fsp3) is 0.943. The van der Waals surface area contributed by atoms with E-state index in [1.807, 2.05) is 33.1 Å². The minimum atomic E-state index is -0.0444. The average molecular weight is 585 g/mol. The van der Waals surface area contributed by atoms with Crippen LogP contribution < -0.4 is 0 Å². The molecule has 246 valence electrons. The lowest BCUT2D eigenvalue weighted by Crippen LogP contribution is -2.23. The standard InChI is InChI=1S/C18H37NO2.C17H35NO2/c1-15(2)9-7-10-17(13-12-16(3)4)21-18(20)11-8-14-19(5)6;1-14(2)8-7-9-16(11-10-15(3)4)20-17(19)12-13-18(5)6/h15-17H,7-14H2,1-6H3;14-16H,7-13H2,1-6H3. The zero-order chi connectivity index (χ0) is 31.8. The maximum Gasteiger partial charge on any atom is 0.307 e. The highest BCUT2D eigenvalue weighted by molar-refractivity contribution is 5.70. The van der Waals surface area contributed by atoms with Gasteiger partial charge in [0.2, 0.25) is 0 Å². The molecule has 0 saturated carbocycles. The van der Waals surface area contributed by atoms with Gasteiger partial charge < -0.3 is 19.3 Å². The van der Waals surface area contributed by atoms with Gasteiger partial charge in [-0.2, -0.15) is 0 Å². The second-order valence-electron chi connectivity index (χ2n) is 14.3. The summed E-state index contributed by atoms with van der Waals surface area (Å²) in [4.78, 5) is 27.9. The van der Waals surface area contributed by atoms with E-state index >= 15 is 0 Å². The van der Waals surface area contributed by atoms with Gasteiger partial charge in [-0.25, -0.2) is 0 Å². The van der Waals surface area contributed by atoms with Crippen molar-refractivity contribution in [1.29, 1.82) is 0 Å². The summed E-state index contributed by atoms with van der Waals surface area (Å²) >= 11 is 0. The predicted octanol–water partition coefficient (Wildman–Crippen LogP) is 8.61. The minimum Gasteiger partial charge on any atom is -0.462 e. The normalized spacial score (nSPS) is 13.2. The fourth-order valence-electron chi connectivity index (χ4n) is 4.41. The van der Waals surface area contributed by atoms with Crippen LogP contribution in [0.3, 0.4) is 0 Å². The highest BCUT2D eigenvalue weighted by Crippen LogP contribution is 2.19. The zero-order valence-corrected chi connectivity index (χ0v) is 29.6. The molecule has 0 aliphatic heterocycles. The van der Waals surface area contributed by atoms with E-state index in [1.165, 1.54) is 12.8 Å². The predicted molar refractivity (Wildman–Crippen MR) is 176 cm³/mol. The molecular formula is C35H72N2O4. The highest BCUT2D eigenvalue weighted by Gasteiger charge is 2.16. The number of hydrogen-bond donors (Lipinski definition) is 0. The largest absolute Gasteiger partial charge is 0.462 e. The third-order valence-corrected chi connectivity index (χ3v) is 7.09. The summed E-state index contributed by atoms with van der Waals surface area (Å²) in [6, 6.07) is 0. The molecule has 0 spiro atoms. The van der Waals surface area contributed by atoms with E-state index < -0.39 is 0 Å². The Bertz CT molecular complexity index is 617. The smallest absolute Gasteiger partial charge is 0.307 e. The van der Waals surface area contributed by atoms with Crippen LogP contribution in [0.5, 0.6) is 0 Å². The first-order valence-electron chi connectivity index (χ1n) is 16.8. The van der Waals surface area contributed by atoms with E-state index in [0.717, 1.165) is 82.7 Å². The van der Waals surface area contributed by atoms with E-state index in [-0.39, 0.29) is 24.1 Å². The van der Waals surface area contributed by atoms with Crippen LogP contribution in [0.4, 0.5) is 0 Å². The van der Waals surface area contributed by atoms with Crippen molar-refractivity contribution in [2.24, 2.45) is 23.7 Å². The molecule has 0 aromatic heterocycles. The molecule has 41 heavy (non-hydrogen) atoms. The average Bonchev–Trinajstić information content (AvgIpc) is 2.84. The van der Waals surface area contributed by atoms with Gasteiger partial charge in [0.1, 0.15) is 12.2 Å². The monoisotopic (exact) mass is 585 g/mol. The fourth-order valence-corrected chi connectivity index (χ4v) is 4.41. The molecule has 6 heteroatoms. The Hall–Kier alpha value is -1.14. The topological polar surface area (TPSA) is 59.1 Å². The van der Waals surface area contributed by atoms with Crippen molar-refractivity contribution in [2.45, 2.75) is 151 Å². The van der Waals surface area contributed by atoms with Crippen molar-refractivity contribution in [3.05, 3.63) is 0 Å². The Morgan fingerprint density at radius 2 is 0.829 bits per heavy atom. The Morgan fingerprint density at radius 1 is 0.463 bits per heavy atom. The van der Waals surface area contributed by atoms with E-state index in [4.69, 9.17) is 9.47 Å². The Kier molecular flexibility index (Phi) is 27.1. The second kappa shape index (κ2) is 26.5. The molecule has 0 saturated heterocycles. The Balaban J connectivity index is 0. The maximum atomic E-state index is 11.9. The molecule has 0 aliphatic carbocycles. The molecule has 0 rings (SSSR count). The first kappa shape index (κ1) is 42.0. The Morgan fingerprint density at radius 3 is 1.17 bits per heavy atom. The minimum absolute atomic E-state index is 0.0184. The molecule has 0 bridgehead atoms. The third kappa shape index (κ3) is 33.2. The van der Waals surface area contributed by atoms with E-state index in [9.17, 15) is 9.59 Å². The van der Waals surface area contributed by atoms with Crippen LogP contribution in [-0.4, -0.2) is 75.2 Å². The van der Waals surface area contributed by atoms with E-state index in [1.54, 1.807) is 0 Å². The number of nitrogens with zero attached hydrogens (tertiary/aromatic N) is 2. The van der Waals surface area contributed by atoms with Crippen molar-refractivity contribution in [1.82, 2.24) is 9.80 Å². The molecule has 6 nitrogen and oxygen atoms in total. The van der Waals surface area contributed by atoms with Crippen molar-refractivity contribution in [3.8, 4) is 0 Å². The molecule has 0 aromatic rings. The second-order valence-corrected chi connectivity index (χ2v) is 14.3. The summed E-state index contributed by atoms with van der Waals surface area (Å²) in [6.07, 6.45) is 13.2. The summed E-state index contributed by atoms with van der Waals surface area (Å²) in [5.74, 6) is 2.73. The van der Waals surface area contributed by atoms with E-state index in [0.29, 0.717) is 24.7 Å². The molecule has 0 amide bonds. The summed E-state index contributed by atoms with van der Waals surface area (Å²) < 4.78 is 11.4. The Labute approximate surface area is 256 Å². The number of hydrogen-bond acceptors (Lipinski definition) is 6. The van der Waals surface area contributed by atoms with Gasteiger partial charge in [0.05, 0.1) is 6.42 Å². The molecular weight excluding hydrogens is 512 g/mol. The zero-order valence-electron chi connectivity index (χ0n) is 29.6. The number of ether oxygens (including phenoxy) is 2. The van der Waals surface area contributed by atoms with Crippen LogP contribution >= 0.6 is 0 Å². The van der Waals surface area contributed by atoms with Crippen LogP contribution in [0.2, 0.25) is 0 Å².